The van der Waals surface area contributed by atoms with Crippen LogP contribution in [0.1, 0.15) is 37.4 Å². The Labute approximate surface area is 124 Å². The number of carbonyl (C=O) groups is 2. The lowest BCUT2D eigenvalue weighted by Gasteiger charge is -2.15. The van der Waals surface area contributed by atoms with Gasteiger partial charge in [0.15, 0.2) is 0 Å². The molecular weight excluding hydrogens is 268 g/mol. The molecule has 114 valence electrons. The van der Waals surface area contributed by atoms with Crippen molar-refractivity contribution in [2.45, 2.75) is 39.7 Å². The van der Waals surface area contributed by atoms with Crippen LogP contribution in [0.15, 0.2) is 18.3 Å². The molecular formula is C16H22N2O3. The van der Waals surface area contributed by atoms with Crippen molar-refractivity contribution < 1.29 is 14.7 Å². The first-order chi connectivity index (χ1) is 10.0. The summed E-state index contributed by atoms with van der Waals surface area (Å²) in [5.41, 5.74) is 1.84. The summed E-state index contributed by atoms with van der Waals surface area (Å²) in [5.74, 6) is -1.67. The quantitative estimate of drug-likeness (QED) is 0.870. The molecule has 1 amide bonds. The topological polar surface area (TPSA) is 79.3 Å². The van der Waals surface area contributed by atoms with E-state index in [4.69, 9.17) is 0 Å². The zero-order chi connectivity index (χ0) is 15.4. The van der Waals surface area contributed by atoms with Crippen LogP contribution in [0.3, 0.4) is 0 Å². The molecule has 0 aliphatic heterocycles. The van der Waals surface area contributed by atoms with Crippen LogP contribution in [-0.2, 0) is 16.1 Å². The number of aliphatic carboxylic acids is 1. The highest BCUT2D eigenvalue weighted by Crippen LogP contribution is 2.38. The van der Waals surface area contributed by atoms with Crippen molar-refractivity contribution in [1.82, 2.24) is 10.3 Å². The number of aromatic nitrogens is 1. The van der Waals surface area contributed by atoms with Crippen molar-refractivity contribution in [3.63, 3.8) is 0 Å². The number of aryl methyl sites for hydroxylation is 1. The summed E-state index contributed by atoms with van der Waals surface area (Å²) in [5, 5.41) is 12.1. The van der Waals surface area contributed by atoms with Gasteiger partial charge in [-0.25, -0.2) is 0 Å². The number of rotatable bonds is 5. The van der Waals surface area contributed by atoms with E-state index in [1.54, 1.807) is 6.20 Å². The van der Waals surface area contributed by atoms with E-state index >= 15 is 0 Å². The smallest absolute Gasteiger partial charge is 0.307 e. The van der Waals surface area contributed by atoms with Gasteiger partial charge in [0.25, 0.3) is 0 Å². The van der Waals surface area contributed by atoms with Crippen LogP contribution in [0, 0.1) is 24.7 Å². The molecule has 3 atom stereocenters. The molecule has 2 rings (SSSR count). The highest BCUT2D eigenvalue weighted by molar-refractivity contribution is 5.85. The number of carboxylic acid groups (broad SMARTS) is 1. The van der Waals surface area contributed by atoms with Gasteiger partial charge in [-0.3, -0.25) is 14.6 Å². The maximum atomic E-state index is 12.3. The predicted octanol–water partition coefficient (Wildman–Crippen LogP) is 2.14. The number of pyridine rings is 1. The number of hydrogen-bond donors (Lipinski definition) is 2. The molecule has 21 heavy (non-hydrogen) atoms. The number of amides is 1. The fourth-order valence-corrected chi connectivity index (χ4v) is 3.04. The zero-order valence-electron chi connectivity index (χ0n) is 12.5. The third-order valence-electron chi connectivity index (χ3n) is 4.44. The van der Waals surface area contributed by atoms with E-state index in [0.29, 0.717) is 25.3 Å². The van der Waals surface area contributed by atoms with Gasteiger partial charge >= 0.3 is 5.97 Å². The van der Waals surface area contributed by atoms with E-state index in [9.17, 15) is 14.7 Å². The molecule has 1 fully saturated rings. The Morgan fingerprint density at radius 2 is 2.10 bits per heavy atom. The molecule has 0 spiro atoms. The van der Waals surface area contributed by atoms with E-state index in [0.717, 1.165) is 17.7 Å². The maximum absolute atomic E-state index is 12.3. The molecule has 1 aromatic rings. The molecule has 0 saturated heterocycles. The monoisotopic (exact) mass is 290 g/mol. The van der Waals surface area contributed by atoms with Crippen molar-refractivity contribution in [3.8, 4) is 0 Å². The van der Waals surface area contributed by atoms with Crippen LogP contribution in [0.4, 0.5) is 0 Å². The molecule has 5 nitrogen and oxygen atoms in total. The Morgan fingerprint density at radius 3 is 2.71 bits per heavy atom. The van der Waals surface area contributed by atoms with Gasteiger partial charge in [0.1, 0.15) is 0 Å². The van der Waals surface area contributed by atoms with Crippen molar-refractivity contribution in [2.24, 2.45) is 17.8 Å². The standard InChI is InChI=1S/C16H22N2O3/c1-3-11-7-12(13(8-11)16(20)21)15(19)18-9-14-10(2)5-4-6-17-14/h4-6,11-13H,3,7-9H2,1-2H3,(H,18,19)(H,20,21)/t11?,12-,13+/m0/s1. The normalized spacial score (nSPS) is 24.8. The lowest BCUT2D eigenvalue weighted by Crippen LogP contribution is -2.35. The Kier molecular flexibility index (Phi) is 4.94. The summed E-state index contributed by atoms with van der Waals surface area (Å²) in [6.45, 7) is 4.34. The molecule has 1 aromatic heterocycles. The van der Waals surface area contributed by atoms with Crippen molar-refractivity contribution >= 4 is 11.9 Å². The minimum atomic E-state index is -0.861. The van der Waals surface area contributed by atoms with E-state index in [-0.39, 0.29) is 5.91 Å². The first kappa shape index (κ1) is 15.5. The molecule has 0 radical (unpaired) electrons. The number of hydrogen-bond acceptors (Lipinski definition) is 3. The summed E-state index contributed by atoms with van der Waals surface area (Å²) in [4.78, 5) is 27.8. The number of nitrogens with zero attached hydrogens (tertiary/aromatic N) is 1. The molecule has 1 aliphatic carbocycles. The highest BCUT2D eigenvalue weighted by Gasteiger charge is 2.41. The van der Waals surface area contributed by atoms with Crippen molar-refractivity contribution in [3.05, 3.63) is 29.6 Å². The molecule has 0 bridgehead atoms. The van der Waals surface area contributed by atoms with Crippen LogP contribution in [0.5, 0.6) is 0 Å². The van der Waals surface area contributed by atoms with Gasteiger partial charge < -0.3 is 10.4 Å². The average molecular weight is 290 g/mol. The number of carbonyl (C=O) groups excluding carboxylic acids is 1. The average Bonchev–Trinajstić information content (AvgIpc) is 2.90. The van der Waals surface area contributed by atoms with Gasteiger partial charge in [-0.05, 0) is 37.3 Å². The Morgan fingerprint density at radius 1 is 1.38 bits per heavy atom. The predicted molar refractivity (Wildman–Crippen MR) is 78.5 cm³/mol. The van der Waals surface area contributed by atoms with Gasteiger partial charge in [-0.1, -0.05) is 19.4 Å². The van der Waals surface area contributed by atoms with Crippen molar-refractivity contribution in [2.75, 3.05) is 0 Å². The lowest BCUT2D eigenvalue weighted by molar-refractivity contribution is -0.146. The lowest BCUT2D eigenvalue weighted by atomic mass is 9.95. The highest BCUT2D eigenvalue weighted by atomic mass is 16.4. The van der Waals surface area contributed by atoms with Gasteiger partial charge in [0.05, 0.1) is 24.1 Å². The van der Waals surface area contributed by atoms with Gasteiger partial charge in [0, 0.05) is 6.20 Å². The summed E-state index contributed by atoms with van der Waals surface area (Å²) in [6, 6.07) is 3.79. The van der Waals surface area contributed by atoms with E-state index < -0.39 is 17.8 Å². The number of nitrogens with one attached hydrogen (secondary N) is 1. The van der Waals surface area contributed by atoms with Crippen LogP contribution >= 0.6 is 0 Å². The second-order valence-corrected chi connectivity index (χ2v) is 5.78. The zero-order valence-corrected chi connectivity index (χ0v) is 12.5. The maximum Gasteiger partial charge on any atom is 0.307 e. The molecule has 2 N–H and O–H groups in total. The van der Waals surface area contributed by atoms with E-state index in [1.165, 1.54) is 0 Å². The van der Waals surface area contributed by atoms with Crippen LogP contribution in [0.2, 0.25) is 0 Å². The third kappa shape index (κ3) is 3.60. The van der Waals surface area contributed by atoms with Gasteiger partial charge in [0.2, 0.25) is 5.91 Å². The largest absolute Gasteiger partial charge is 0.481 e. The minimum absolute atomic E-state index is 0.164. The number of carboxylic acids is 1. The Hall–Kier alpha value is -1.91. The Bertz CT molecular complexity index is 530. The third-order valence-corrected chi connectivity index (χ3v) is 4.44. The van der Waals surface area contributed by atoms with Crippen molar-refractivity contribution in [1.29, 1.82) is 0 Å². The Balaban J connectivity index is 1.99. The molecule has 1 unspecified atom stereocenters. The summed E-state index contributed by atoms with van der Waals surface area (Å²) >= 11 is 0. The first-order valence-corrected chi connectivity index (χ1v) is 7.44. The second kappa shape index (κ2) is 6.70. The molecule has 5 heteroatoms. The van der Waals surface area contributed by atoms with Crippen LogP contribution in [0.25, 0.3) is 0 Å². The van der Waals surface area contributed by atoms with Gasteiger partial charge in [-0.2, -0.15) is 0 Å². The second-order valence-electron chi connectivity index (χ2n) is 5.78. The van der Waals surface area contributed by atoms with Gasteiger partial charge in [-0.15, -0.1) is 0 Å². The van der Waals surface area contributed by atoms with E-state index in [1.807, 2.05) is 26.0 Å². The molecule has 1 aliphatic rings. The van der Waals surface area contributed by atoms with Crippen LogP contribution in [-0.4, -0.2) is 22.0 Å². The first-order valence-electron chi connectivity index (χ1n) is 7.44. The SMILES string of the molecule is CCC1C[C@H](C(=O)NCc2ncccc2C)[C@H](C(=O)O)C1. The van der Waals surface area contributed by atoms with E-state index in [2.05, 4.69) is 10.3 Å². The minimum Gasteiger partial charge on any atom is -0.481 e. The summed E-state index contributed by atoms with van der Waals surface area (Å²) < 4.78 is 0. The molecule has 1 heterocycles. The fraction of sp³-hybridized carbons (Fsp3) is 0.562. The fourth-order valence-electron chi connectivity index (χ4n) is 3.04. The molecule has 0 aromatic carbocycles. The summed E-state index contributed by atoms with van der Waals surface area (Å²) in [6.07, 6.45) is 3.89. The van der Waals surface area contributed by atoms with Crippen LogP contribution < -0.4 is 5.32 Å². The summed E-state index contributed by atoms with van der Waals surface area (Å²) in [7, 11) is 0. The molecule has 1 saturated carbocycles.